The Morgan fingerprint density at radius 1 is 1.44 bits per heavy atom. The van der Waals surface area contributed by atoms with E-state index < -0.39 is 12.0 Å². The maximum atomic E-state index is 11.3. The Bertz CT molecular complexity index is 511. The molecule has 0 aromatic heterocycles. The van der Waals surface area contributed by atoms with E-state index in [2.05, 4.69) is 10.6 Å². The summed E-state index contributed by atoms with van der Waals surface area (Å²) < 4.78 is 0. The van der Waals surface area contributed by atoms with E-state index in [1.54, 1.807) is 0 Å². The molecule has 6 nitrogen and oxygen atoms in total. The zero-order valence-corrected chi connectivity index (χ0v) is 9.99. The average Bonchev–Trinajstić information content (AvgIpc) is 2.28. The Kier molecular flexibility index (Phi) is 4.96. The number of carboxylic acids is 1. The molecule has 3 N–H and O–H groups in total. The van der Waals surface area contributed by atoms with Crippen molar-refractivity contribution in [1.29, 1.82) is 5.26 Å². The van der Waals surface area contributed by atoms with E-state index in [9.17, 15) is 9.59 Å². The van der Waals surface area contributed by atoms with Gasteiger partial charge in [-0.1, -0.05) is 11.6 Å². The summed E-state index contributed by atoms with van der Waals surface area (Å²) in [5.41, 5.74) is 0.736. The van der Waals surface area contributed by atoms with Gasteiger partial charge in [-0.2, -0.15) is 5.26 Å². The highest BCUT2D eigenvalue weighted by Crippen LogP contribution is 2.19. The van der Waals surface area contributed by atoms with Crippen molar-refractivity contribution in [2.24, 2.45) is 0 Å². The van der Waals surface area contributed by atoms with Crippen LogP contribution in [-0.2, 0) is 4.79 Å². The Hall–Kier alpha value is -2.26. The number of carbonyl (C=O) groups is 2. The lowest BCUT2D eigenvalue weighted by Crippen LogP contribution is -2.30. The summed E-state index contributed by atoms with van der Waals surface area (Å²) in [4.78, 5) is 21.6. The van der Waals surface area contributed by atoms with Crippen LogP contribution in [0.5, 0.6) is 0 Å². The number of aliphatic carboxylic acids is 1. The Labute approximate surface area is 108 Å². The standard InChI is InChI=1S/C11H10ClN3O3/c12-9-5-8(2-1-7(9)6-13)15-11(18)14-4-3-10(16)17/h1-2,5H,3-4H2,(H,16,17)(H2,14,15,18). The van der Waals surface area contributed by atoms with Crippen molar-refractivity contribution in [2.75, 3.05) is 11.9 Å². The molecular formula is C11H10ClN3O3. The van der Waals surface area contributed by atoms with Crippen LogP contribution in [0.4, 0.5) is 10.5 Å². The van der Waals surface area contributed by atoms with Gasteiger partial charge >= 0.3 is 12.0 Å². The molecule has 94 valence electrons. The molecule has 0 bridgehead atoms. The van der Waals surface area contributed by atoms with Gasteiger partial charge in [-0.05, 0) is 18.2 Å². The quantitative estimate of drug-likeness (QED) is 0.774. The van der Waals surface area contributed by atoms with Crippen LogP contribution in [0.1, 0.15) is 12.0 Å². The molecule has 0 heterocycles. The van der Waals surface area contributed by atoms with Crippen molar-refractivity contribution >= 4 is 29.3 Å². The number of halogens is 1. The molecule has 0 spiro atoms. The van der Waals surface area contributed by atoms with Crippen LogP contribution < -0.4 is 10.6 Å². The normalized spacial score (nSPS) is 9.33. The molecule has 0 unspecified atom stereocenters. The van der Waals surface area contributed by atoms with Crippen molar-refractivity contribution < 1.29 is 14.7 Å². The van der Waals surface area contributed by atoms with Gasteiger partial charge < -0.3 is 15.7 Å². The molecule has 1 rings (SSSR count). The minimum atomic E-state index is -0.989. The van der Waals surface area contributed by atoms with Gasteiger partial charge in [0, 0.05) is 12.2 Å². The number of benzene rings is 1. The van der Waals surface area contributed by atoms with Crippen LogP contribution in [-0.4, -0.2) is 23.7 Å². The number of amides is 2. The lowest BCUT2D eigenvalue weighted by atomic mass is 10.2. The number of nitrogens with one attached hydrogen (secondary N) is 2. The fourth-order valence-electron chi connectivity index (χ4n) is 1.14. The lowest BCUT2D eigenvalue weighted by Gasteiger charge is -2.07. The molecule has 2 amide bonds. The lowest BCUT2D eigenvalue weighted by molar-refractivity contribution is -0.136. The second-order valence-electron chi connectivity index (χ2n) is 3.33. The largest absolute Gasteiger partial charge is 0.481 e. The number of carbonyl (C=O) groups excluding carboxylic acids is 1. The molecule has 7 heteroatoms. The molecule has 0 fully saturated rings. The first-order chi connectivity index (χ1) is 8.52. The van der Waals surface area contributed by atoms with E-state index in [1.807, 2.05) is 6.07 Å². The molecule has 0 saturated carbocycles. The number of rotatable bonds is 4. The monoisotopic (exact) mass is 267 g/mol. The molecule has 18 heavy (non-hydrogen) atoms. The number of nitrogens with zero attached hydrogens (tertiary/aromatic N) is 1. The Morgan fingerprint density at radius 2 is 2.17 bits per heavy atom. The number of hydrogen-bond acceptors (Lipinski definition) is 3. The first-order valence-corrected chi connectivity index (χ1v) is 5.37. The molecule has 0 aliphatic rings. The Balaban J connectivity index is 2.52. The van der Waals surface area contributed by atoms with Crippen LogP contribution in [0.15, 0.2) is 18.2 Å². The molecular weight excluding hydrogens is 258 g/mol. The highest BCUT2D eigenvalue weighted by Gasteiger charge is 2.05. The van der Waals surface area contributed by atoms with Gasteiger partial charge in [-0.3, -0.25) is 4.79 Å². The zero-order valence-electron chi connectivity index (χ0n) is 9.24. The fraction of sp³-hybridized carbons (Fsp3) is 0.182. The number of nitriles is 1. The van der Waals surface area contributed by atoms with Gasteiger partial charge in [0.1, 0.15) is 6.07 Å². The summed E-state index contributed by atoms with van der Waals surface area (Å²) in [5.74, 6) is -0.989. The smallest absolute Gasteiger partial charge is 0.319 e. The first kappa shape index (κ1) is 13.8. The molecule has 1 aromatic rings. The van der Waals surface area contributed by atoms with Crippen molar-refractivity contribution in [3.8, 4) is 6.07 Å². The Morgan fingerprint density at radius 3 is 2.72 bits per heavy atom. The fourth-order valence-corrected chi connectivity index (χ4v) is 1.36. The minimum Gasteiger partial charge on any atom is -0.481 e. The van der Waals surface area contributed by atoms with Crippen LogP contribution in [0, 0.1) is 11.3 Å². The summed E-state index contributed by atoms with van der Waals surface area (Å²) in [5, 5.41) is 22.1. The summed E-state index contributed by atoms with van der Waals surface area (Å²) in [7, 11) is 0. The van der Waals surface area contributed by atoms with E-state index in [4.69, 9.17) is 22.0 Å². The molecule has 0 aliphatic heterocycles. The summed E-state index contributed by atoms with van der Waals surface area (Å²) in [6.07, 6.45) is -0.151. The number of urea groups is 1. The number of hydrogen-bond donors (Lipinski definition) is 3. The third-order valence-corrected chi connectivity index (χ3v) is 2.28. The van der Waals surface area contributed by atoms with Crippen molar-refractivity contribution in [2.45, 2.75) is 6.42 Å². The third-order valence-electron chi connectivity index (χ3n) is 1.97. The zero-order chi connectivity index (χ0) is 13.5. The van der Waals surface area contributed by atoms with Gasteiger partial charge in [-0.25, -0.2) is 4.79 Å². The van der Waals surface area contributed by atoms with Gasteiger partial charge in [-0.15, -0.1) is 0 Å². The molecule has 0 radical (unpaired) electrons. The predicted molar refractivity (Wildman–Crippen MR) is 65.4 cm³/mol. The summed E-state index contributed by atoms with van der Waals surface area (Å²) >= 11 is 5.79. The van der Waals surface area contributed by atoms with Crippen LogP contribution >= 0.6 is 11.6 Å². The minimum absolute atomic E-state index is 0.0329. The van der Waals surface area contributed by atoms with Gasteiger partial charge in [0.15, 0.2) is 0 Å². The van der Waals surface area contributed by atoms with Crippen molar-refractivity contribution in [3.05, 3.63) is 28.8 Å². The van der Waals surface area contributed by atoms with Crippen LogP contribution in [0.3, 0.4) is 0 Å². The maximum absolute atomic E-state index is 11.3. The molecule has 1 aromatic carbocycles. The van der Waals surface area contributed by atoms with Crippen molar-refractivity contribution in [3.63, 3.8) is 0 Å². The molecule has 0 aliphatic carbocycles. The van der Waals surface area contributed by atoms with E-state index in [0.717, 1.165) is 0 Å². The first-order valence-electron chi connectivity index (χ1n) is 4.99. The SMILES string of the molecule is N#Cc1ccc(NC(=O)NCCC(=O)O)cc1Cl. The van der Waals surface area contributed by atoms with E-state index >= 15 is 0 Å². The van der Waals surface area contributed by atoms with Crippen LogP contribution in [0.2, 0.25) is 5.02 Å². The van der Waals surface area contributed by atoms with Crippen LogP contribution in [0.25, 0.3) is 0 Å². The number of anilines is 1. The topological polar surface area (TPSA) is 102 Å². The van der Waals surface area contributed by atoms with Crippen molar-refractivity contribution in [1.82, 2.24) is 5.32 Å². The number of carboxylic acid groups (broad SMARTS) is 1. The molecule has 0 saturated heterocycles. The summed E-state index contributed by atoms with van der Waals surface area (Å²) in [6, 6.07) is 5.82. The van der Waals surface area contributed by atoms with E-state index in [1.165, 1.54) is 18.2 Å². The van der Waals surface area contributed by atoms with E-state index in [0.29, 0.717) is 11.3 Å². The summed E-state index contributed by atoms with van der Waals surface area (Å²) in [6.45, 7) is 0.0329. The van der Waals surface area contributed by atoms with Gasteiger partial charge in [0.2, 0.25) is 0 Å². The van der Waals surface area contributed by atoms with E-state index in [-0.39, 0.29) is 18.0 Å². The van der Waals surface area contributed by atoms with Gasteiger partial charge in [0.25, 0.3) is 0 Å². The predicted octanol–water partition coefficient (Wildman–Crippen LogP) is 1.81. The maximum Gasteiger partial charge on any atom is 0.319 e. The third kappa shape index (κ3) is 4.31. The average molecular weight is 268 g/mol. The van der Waals surface area contributed by atoms with Gasteiger partial charge in [0.05, 0.1) is 17.0 Å². The molecule has 0 atom stereocenters. The second-order valence-corrected chi connectivity index (χ2v) is 3.74. The second kappa shape index (κ2) is 6.47. The highest BCUT2D eigenvalue weighted by molar-refractivity contribution is 6.32. The highest BCUT2D eigenvalue weighted by atomic mass is 35.5.